The summed E-state index contributed by atoms with van der Waals surface area (Å²) in [5.74, 6) is -0.269. The molecule has 0 aliphatic heterocycles. The first-order valence-electron chi connectivity index (χ1n) is 12.8. The average molecular weight is 498 g/mol. The van der Waals surface area contributed by atoms with Gasteiger partial charge in [-0.2, -0.15) is 5.10 Å². The zero-order valence-corrected chi connectivity index (χ0v) is 21.2. The van der Waals surface area contributed by atoms with E-state index in [0.717, 1.165) is 41.6 Å². The van der Waals surface area contributed by atoms with Crippen LogP contribution in [-0.4, -0.2) is 20.7 Å². The second kappa shape index (κ2) is 10.3. The number of nitrogens with zero attached hydrogens (tertiary/aromatic N) is 3. The minimum absolute atomic E-state index is 0.0884. The fourth-order valence-corrected chi connectivity index (χ4v) is 4.79. The maximum absolute atomic E-state index is 15.0. The highest BCUT2D eigenvalue weighted by Crippen LogP contribution is 2.40. The third-order valence-electron chi connectivity index (χ3n) is 7.20. The number of hydrogen-bond acceptors (Lipinski definition) is 4. The largest absolute Gasteiger partial charge is 0.318 e. The summed E-state index contributed by atoms with van der Waals surface area (Å²) in [6.45, 7) is 3.90. The van der Waals surface area contributed by atoms with E-state index in [2.05, 4.69) is 22.3 Å². The summed E-state index contributed by atoms with van der Waals surface area (Å²) < 4.78 is 16.6. The van der Waals surface area contributed by atoms with Gasteiger partial charge in [-0.25, -0.2) is 9.07 Å². The van der Waals surface area contributed by atoms with Crippen molar-refractivity contribution in [3.8, 4) is 5.69 Å². The van der Waals surface area contributed by atoms with E-state index < -0.39 is 17.3 Å². The van der Waals surface area contributed by atoms with E-state index in [1.807, 2.05) is 43.3 Å². The summed E-state index contributed by atoms with van der Waals surface area (Å²) in [6, 6.07) is 18.1. The first-order valence-corrected chi connectivity index (χ1v) is 12.8. The number of halogens is 1. The molecule has 4 aromatic rings. The minimum Gasteiger partial charge on any atom is -0.318 e. The number of pyridine rings is 1. The second-order valence-corrected chi connectivity index (χ2v) is 9.94. The number of aryl methyl sites for hydroxylation is 2. The van der Waals surface area contributed by atoms with Gasteiger partial charge in [0.1, 0.15) is 11.5 Å². The molecule has 1 aliphatic rings. The Kier molecular flexibility index (Phi) is 6.89. The quantitative estimate of drug-likeness (QED) is 0.300. The Labute approximate surface area is 216 Å². The van der Waals surface area contributed by atoms with Gasteiger partial charge in [0.15, 0.2) is 0 Å². The van der Waals surface area contributed by atoms with E-state index in [0.29, 0.717) is 17.3 Å². The van der Waals surface area contributed by atoms with Crippen molar-refractivity contribution in [1.29, 1.82) is 0 Å². The molecule has 3 N–H and O–H groups in total. The van der Waals surface area contributed by atoms with Gasteiger partial charge in [0.25, 0.3) is 5.91 Å². The Balaban J connectivity index is 1.47. The summed E-state index contributed by atoms with van der Waals surface area (Å²) in [6.07, 6.45) is 8.48. The van der Waals surface area contributed by atoms with Crippen molar-refractivity contribution in [1.82, 2.24) is 14.8 Å². The first-order chi connectivity index (χ1) is 17.9. The Bertz CT molecular complexity index is 1410. The maximum atomic E-state index is 15.0. The second-order valence-electron chi connectivity index (χ2n) is 9.94. The molecule has 0 saturated heterocycles. The van der Waals surface area contributed by atoms with Crippen molar-refractivity contribution in [2.75, 3.05) is 5.32 Å². The number of carbonyl (C=O) groups is 1. The number of amides is 1. The van der Waals surface area contributed by atoms with Crippen LogP contribution in [0.3, 0.4) is 0 Å². The Morgan fingerprint density at radius 2 is 1.89 bits per heavy atom. The van der Waals surface area contributed by atoms with Crippen LogP contribution in [0.15, 0.2) is 73.1 Å². The third kappa shape index (κ3) is 5.32. The van der Waals surface area contributed by atoms with E-state index in [4.69, 9.17) is 5.73 Å². The van der Waals surface area contributed by atoms with E-state index >= 15 is 0 Å². The number of rotatable bonds is 9. The van der Waals surface area contributed by atoms with Gasteiger partial charge in [0.2, 0.25) is 0 Å². The zero-order valence-electron chi connectivity index (χ0n) is 21.2. The molecule has 1 fully saturated rings. The summed E-state index contributed by atoms with van der Waals surface area (Å²) >= 11 is 0. The SMILES string of the molecule is CCc1cccc(-n2nc(C)cc2C(=O)Nc2cc(C(N)(CCC3CC3)c3ccncc3)ccc2F)c1. The molecule has 1 saturated carbocycles. The number of carbonyl (C=O) groups excluding carboxylic acids is 1. The Hall–Kier alpha value is -3.84. The molecule has 7 heteroatoms. The van der Waals surface area contributed by atoms with Gasteiger partial charge in [-0.1, -0.05) is 38.0 Å². The van der Waals surface area contributed by atoms with Crippen LogP contribution in [0.1, 0.15) is 65.5 Å². The lowest BCUT2D eigenvalue weighted by atomic mass is 9.79. The molecule has 1 amide bonds. The minimum atomic E-state index is -0.822. The van der Waals surface area contributed by atoms with Crippen LogP contribution in [0.5, 0.6) is 0 Å². The molecule has 2 aromatic heterocycles. The van der Waals surface area contributed by atoms with E-state index in [1.165, 1.54) is 18.9 Å². The molecule has 5 rings (SSSR count). The Morgan fingerprint density at radius 1 is 1.11 bits per heavy atom. The van der Waals surface area contributed by atoms with Gasteiger partial charge >= 0.3 is 0 Å². The standard InChI is InChI=1S/C30H32FN5O/c1-3-21-5-4-6-25(18-21)36-28(17-20(2)35-36)29(37)34-27-19-24(9-10-26(27)31)30(32,14-11-22-7-8-22)23-12-15-33-16-13-23/h4-6,9-10,12-13,15-19,22H,3,7-8,11,14,32H2,1-2H3,(H,34,37). The predicted molar refractivity (Wildman–Crippen MR) is 143 cm³/mol. The molecule has 0 spiro atoms. The average Bonchev–Trinajstić information content (AvgIpc) is 3.67. The van der Waals surface area contributed by atoms with Crippen LogP contribution in [0.25, 0.3) is 5.69 Å². The van der Waals surface area contributed by atoms with Crippen molar-refractivity contribution in [2.45, 2.75) is 51.5 Å². The van der Waals surface area contributed by atoms with Gasteiger partial charge in [0, 0.05) is 12.4 Å². The van der Waals surface area contributed by atoms with Crippen molar-refractivity contribution in [3.63, 3.8) is 0 Å². The molecule has 1 aliphatic carbocycles. The highest BCUT2D eigenvalue weighted by molar-refractivity contribution is 6.03. The molecule has 37 heavy (non-hydrogen) atoms. The molecule has 0 radical (unpaired) electrons. The van der Waals surface area contributed by atoms with Crippen LogP contribution in [0.2, 0.25) is 0 Å². The fourth-order valence-electron chi connectivity index (χ4n) is 4.79. The third-order valence-corrected chi connectivity index (χ3v) is 7.20. The smallest absolute Gasteiger partial charge is 0.274 e. The molecular weight excluding hydrogens is 465 g/mol. The number of benzene rings is 2. The van der Waals surface area contributed by atoms with Crippen LogP contribution in [0.4, 0.5) is 10.1 Å². The lowest BCUT2D eigenvalue weighted by molar-refractivity contribution is 0.101. The number of anilines is 1. The van der Waals surface area contributed by atoms with E-state index in [1.54, 1.807) is 35.3 Å². The van der Waals surface area contributed by atoms with Gasteiger partial charge in [-0.3, -0.25) is 9.78 Å². The van der Waals surface area contributed by atoms with Gasteiger partial charge in [-0.15, -0.1) is 0 Å². The number of hydrogen-bond donors (Lipinski definition) is 2. The maximum Gasteiger partial charge on any atom is 0.274 e. The van der Waals surface area contributed by atoms with Crippen molar-refractivity contribution in [2.24, 2.45) is 11.7 Å². The monoisotopic (exact) mass is 497 g/mol. The van der Waals surface area contributed by atoms with Crippen LogP contribution >= 0.6 is 0 Å². The van der Waals surface area contributed by atoms with E-state index in [9.17, 15) is 9.18 Å². The lowest BCUT2D eigenvalue weighted by Gasteiger charge is -2.31. The van der Waals surface area contributed by atoms with Crippen molar-refractivity contribution >= 4 is 11.6 Å². The molecule has 1 unspecified atom stereocenters. The fraction of sp³-hybridized carbons (Fsp3) is 0.300. The molecule has 0 bridgehead atoms. The lowest BCUT2D eigenvalue weighted by Crippen LogP contribution is -2.38. The van der Waals surface area contributed by atoms with Crippen LogP contribution < -0.4 is 11.1 Å². The molecule has 6 nitrogen and oxygen atoms in total. The highest BCUT2D eigenvalue weighted by atomic mass is 19.1. The summed E-state index contributed by atoms with van der Waals surface area (Å²) in [4.78, 5) is 17.5. The highest BCUT2D eigenvalue weighted by Gasteiger charge is 2.33. The molecule has 190 valence electrons. The molecule has 2 aromatic carbocycles. The van der Waals surface area contributed by atoms with Gasteiger partial charge in [-0.05, 0) is 91.3 Å². The first kappa shape index (κ1) is 24.8. The number of nitrogens with one attached hydrogen (secondary N) is 1. The summed E-state index contributed by atoms with van der Waals surface area (Å²) in [7, 11) is 0. The van der Waals surface area contributed by atoms with E-state index in [-0.39, 0.29) is 5.69 Å². The Morgan fingerprint density at radius 3 is 2.62 bits per heavy atom. The van der Waals surface area contributed by atoms with Crippen LogP contribution in [0, 0.1) is 18.7 Å². The normalized spacial score (nSPS) is 14.8. The molecular formula is C30H32FN5O. The summed E-state index contributed by atoms with van der Waals surface area (Å²) in [5, 5.41) is 7.30. The number of nitrogens with two attached hydrogens (primary N) is 1. The zero-order chi connectivity index (χ0) is 26.0. The predicted octanol–water partition coefficient (Wildman–Crippen LogP) is 5.92. The van der Waals surface area contributed by atoms with Gasteiger partial charge < -0.3 is 11.1 Å². The van der Waals surface area contributed by atoms with Gasteiger partial charge in [0.05, 0.1) is 22.6 Å². The topological polar surface area (TPSA) is 85.8 Å². The summed E-state index contributed by atoms with van der Waals surface area (Å²) in [5.41, 5.74) is 10.9. The molecule has 2 heterocycles. The van der Waals surface area contributed by atoms with Crippen molar-refractivity contribution < 1.29 is 9.18 Å². The number of aromatic nitrogens is 3. The molecule has 1 atom stereocenters. The van der Waals surface area contributed by atoms with Crippen molar-refractivity contribution in [3.05, 3.63) is 107 Å². The van der Waals surface area contributed by atoms with Crippen LogP contribution in [-0.2, 0) is 12.0 Å².